The number of nitrogens with zero attached hydrogens (tertiary/aromatic N) is 1. The second-order valence-electron chi connectivity index (χ2n) is 4.51. The van der Waals surface area contributed by atoms with E-state index in [9.17, 15) is 13.6 Å². The van der Waals surface area contributed by atoms with Gasteiger partial charge in [-0.15, -0.1) is 0 Å². The summed E-state index contributed by atoms with van der Waals surface area (Å²) in [6, 6.07) is 10.2. The summed E-state index contributed by atoms with van der Waals surface area (Å²) in [4.78, 5) is 13.7. The van der Waals surface area contributed by atoms with Gasteiger partial charge in [0.1, 0.15) is 11.6 Å². The summed E-state index contributed by atoms with van der Waals surface area (Å²) < 4.78 is 27.6. The number of carbonyl (C=O) groups excluding carboxylic acids is 1. The van der Waals surface area contributed by atoms with E-state index in [1.165, 1.54) is 42.3 Å². The van der Waals surface area contributed by atoms with Gasteiger partial charge in [-0.25, -0.2) is 8.78 Å². The Kier molecular flexibility index (Phi) is 4.52. The third kappa shape index (κ3) is 3.02. The Labute approximate surface area is 122 Å². The van der Waals surface area contributed by atoms with Crippen molar-refractivity contribution in [3.63, 3.8) is 0 Å². The van der Waals surface area contributed by atoms with Gasteiger partial charge in [-0.1, -0.05) is 18.2 Å². The molecule has 0 aliphatic carbocycles. The van der Waals surface area contributed by atoms with Gasteiger partial charge < -0.3 is 10.2 Å². The largest absolute Gasteiger partial charge is 0.382 e. The molecule has 0 aromatic heterocycles. The predicted octanol–water partition coefficient (Wildman–Crippen LogP) is 3.67. The maximum atomic E-state index is 13.8. The van der Waals surface area contributed by atoms with Crippen molar-refractivity contribution in [2.45, 2.75) is 6.92 Å². The van der Waals surface area contributed by atoms with Crippen molar-refractivity contribution in [2.75, 3.05) is 23.8 Å². The molecule has 2 aromatic rings. The number of rotatable bonds is 4. The number of carbonyl (C=O) groups is 1. The normalized spacial score (nSPS) is 10.3. The van der Waals surface area contributed by atoms with Crippen molar-refractivity contribution in [3.8, 4) is 0 Å². The second kappa shape index (κ2) is 6.35. The van der Waals surface area contributed by atoms with Crippen LogP contribution in [-0.2, 0) is 0 Å². The summed E-state index contributed by atoms with van der Waals surface area (Å²) in [6.45, 7) is 2.28. The van der Waals surface area contributed by atoms with Crippen LogP contribution in [-0.4, -0.2) is 19.5 Å². The van der Waals surface area contributed by atoms with Crippen LogP contribution in [0.1, 0.15) is 17.3 Å². The van der Waals surface area contributed by atoms with Crippen LogP contribution >= 0.6 is 0 Å². The van der Waals surface area contributed by atoms with Gasteiger partial charge >= 0.3 is 0 Å². The first kappa shape index (κ1) is 15.0. The van der Waals surface area contributed by atoms with Crippen molar-refractivity contribution in [1.82, 2.24) is 0 Å². The Morgan fingerprint density at radius 1 is 1.10 bits per heavy atom. The first-order valence-electron chi connectivity index (χ1n) is 6.61. The molecular formula is C16H16F2N2O. The average molecular weight is 290 g/mol. The highest BCUT2D eigenvalue weighted by molar-refractivity contribution is 6.09. The van der Waals surface area contributed by atoms with Gasteiger partial charge in [-0.05, 0) is 31.2 Å². The zero-order chi connectivity index (χ0) is 15.4. The summed E-state index contributed by atoms with van der Waals surface area (Å²) in [5.41, 5.74) is 0.449. The van der Waals surface area contributed by atoms with Gasteiger partial charge in [-0.2, -0.15) is 0 Å². The molecule has 110 valence electrons. The molecule has 0 aliphatic rings. The van der Waals surface area contributed by atoms with E-state index in [-0.39, 0.29) is 16.9 Å². The fourth-order valence-electron chi connectivity index (χ4n) is 2.07. The standard InChI is InChI=1S/C16H16F2N2O/c1-3-19-15-11(7-6-9-13(15)18)16(21)20(2)14-10-5-4-8-12(14)17/h4-10,19H,3H2,1-2H3. The molecule has 2 aromatic carbocycles. The van der Waals surface area contributed by atoms with Crippen LogP contribution in [0.2, 0.25) is 0 Å². The molecular weight excluding hydrogens is 274 g/mol. The Morgan fingerprint density at radius 2 is 1.76 bits per heavy atom. The van der Waals surface area contributed by atoms with E-state index in [0.29, 0.717) is 6.54 Å². The zero-order valence-electron chi connectivity index (χ0n) is 11.9. The molecule has 2 rings (SSSR count). The number of amides is 1. The van der Waals surface area contributed by atoms with Crippen LogP contribution < -0.4 is 10.2 Å². The van der Waals surface area contributed by atoms with Crippen molar-refractivity contribution >= 4 is 17.3 Å². The zero-order valence-corrected chi connectivity index (χ0v) is 11.9. The van der Waals surface area contributed by atoms with E-state index < -0.39 is 17.5 Å². The summed E-state index contributed by atoms with van der Waals surface area (Å²) in [6.07, 6.45) is 0. The molecule has 0 spiro atoms. The first-order valence-corrected chi connectivity index (χ1v) is 6.61. The van der Waals surface area contributed by atoms with E-state index in [1.807, 2.05) is 0 Å². The van der Waals surface area contributed by atoms with Crippen LogP contribution in [0.25, 0.3) is 0 Å². The molecule has 1 N–H and O–H groups in total. The van der Waals surface area contributed by atoms with Gasteiger partial charge in [0, 0.05) is 13.6 Å². The number of anilines is 2. The van der Waals surface area contributed by atoms with E-state index in [0.717, 1.165) is 0 Å². The van der Waals surface area contributed by atoms with E-state index in [4.69, 9.17) is 0 Å². The van der Waals surface area contributed by atoms with Crippen LogP contribution in [0.3, 0.4) is 0 Å². The lowest BCUT2D eigenvalue weighted by atomic mass is 10.1. The Balaban J connectivity index is 2.41. The molecule has 3 nitrogen and oxygen atoms in total. The van der Waals surface area contributed by atoms with Gasteiger partial charge in [-0.3, -0.25) is 4.79 Å². The molecule has 0 aliphatic heterocycles. The maximum Gasteiger partial charge on any atom is 0.260 e. The van der Waals surface area contributed by atoms with Gasteiger partial charge in [0.25, 0.3) is 5.91 Å². The molecule has 0 bridgehead atoms. The van der Waals surface area contributed by atoms with Gasteiger partial charge in [0.15, 0.2) is 0 Å². The van der Waals surface area contributed by atoms with Crippen molar-refractivity contribution in [2.24, 2.45) is 0 Å². The average Bonchev–Trinajstić information content (AvgIpc) is 2.48. The fraction of sp³-hybridized carbons (Fsp3) is 0.188. The predicted molar refractivity (Wildman–Crippen MR) is 79.7 cm³/mol. The quantitative estimate of drug-likeness (QED) is 0.931. The van der Waals surface area contributed by atoms with E-state index >= 15 is 0 Å². The molecule has 0 unspecified atom stereocenters. The molecule has 1 amide bonds. The highest BCUT2D eigenvalue weighted by Crippen LogP contribution is 2.24. The highest BCUT2D eigenvalue weighted by Gasteiger charge is 2.20. The molecule has 21 heavy (non-hydrogen) atoms. The third-order valence-electron chi connectivity index (χ3n) is 3.12. The van der Waals surface area contributed by atoms with Crippen molar-refractivity contribution in [3.05, 3.63) is 59.7 Å². The van der Waals surface area contributed by atoms with Crippen LogP contribution in [0.4, 0.5) is 20.2 Å². The molecule has 0 fully saturated rings. The number of hydrogen-bond acceptors (Lipinski definition) is 2. The lowest BCUT2D eigenvalue weighted by molar-refractivity contribution is 0.0992. The minimum Gasteiger partial charge on any atom is -0.382 e. The summed E-state index contributed by atoms with van der Waals surface area (Å²) in [5.74, 6) is -1.49. The minimum absolute atomic E-state index is 0.133. The highest BCUT2D eigenvalue weighted by atomic mass is 19.1. The van der Waals surface area contributed by atoms with Crippen LogP contribution in [0.15, 0.2) is 42.5 Å². The Morgan fingerprint density at radius 3 is 2.43 bits per heavy atom. The molecule has 0 heterocycles. The SMILES string of the molecule is CCNc1c(F)cccc1C(=O)N(C)c1ccccc1F. The second-order valence-corrected chi connectivity index (χ2v) is 4.51. The number of nitrogens with one attached hydrogen (secondary N) is 1. The summed E-state index contributed by atoms with van der Waals surface area (Å²) in [7, 11) is 1.46. The smallest absolute Gasteiger partial charge is 0.260 e. The molecule has 0 radical (unpaired) electrons. The summed E-state index contributed by atoms with van der Waals surface area (Å²) in [5, 5.41) is 2.83. The first-order chi connectivity index (χ1) is 10.1. The molecule has 5 heteroatoms. The molecule has 0 atom stereocenters. The van der Waals surface area contributed by atoms with Crippen LogP contribution in [0.5, 0.6) is 0 Å². The molecule has 0 saturated heterocycles. The minimum atomic E-state index is -0.510. The van der Waals surface area contributed by atoms with E-state index in [1.54, 1.807) is 19.1 Å². The number of para-hydroxylation sites is 2. The lowest BCUT2D eigenvalue weighted by Gasteiger charge is -2.20. The third-order valence-corrected chi connectivity index (χ3v) is 3.12. The maximum absolute atomic E-state index is 13.8. The van der Waals surface area contributed by atoms with Crippen molar-refractivity contribution < 1.29 is 13.6 Å². The Hall–Kier alpha value is -2.43. The molecule has 0 saturated carbocycles. The number of benzene rings is 2. The van der Waals surface area contributed by atoms with Crippen LogP contribution in [0, 0.1) is 11.6 Å². The van der Waals surface area contributed by atoms with E-state index in [2.05, 4.69) is 5.32 Å². The van der Waals surface area contributed by atoms with Crippen molar-refractivity contribution in [1.29, 1.82) is 0 Å². The lowest BCUT2D eigenvalue weighted by Crippen LogP contribution is -2.28. The topological polar surface area (TPSA) is 32.3 Å². The van der Waals surface area contributed by atoms with Gasteiger partial charge in [0.05, 0.1) is 16.9 Å². The summed E-state index contributed by atoms with van der Waals surface area (Å²) >= 11 is 0. The fourth-order valence-corrected chi connectivity index (χ4v) is 2.07. The number of hydrogen-bond donors (Lipinski definition) is 1. The monoisotopic (exact) mass is 290 g/mol. The van der Waals surface area contributed by atoms with Gasteiger partial charge in [0.2, 0.25) is 0 Å². The Bertz CT molecular complexity index is 658. The number of halogens is 2.